The van der Waals surface area contributed by atoms with Gasteiger partial charge in [0.1, 0.15) is 0 Å². The molecule has 0 aliphatic heterocycles. The molecule has 0 spiro atoms. The van der Waals surface area contributed by atoms with E-state index in [1.54, 1.807) is 0 Å². The second kappa shape index (κ2) is 75.1. The van der Waals surface area contributed by atoms with E-state index in [-0.39, 0.29) is 18.5 Å². The Bertz CT molecular complexity index is 1290. The third-order valence-corrected chi connectivity index (χ3v) is 18.8. The van der Waals surface area contributed by atoms with E-state index < -0.39 is 12.1 Å². The summed E-state index contributed by atoms with van der Waals surface area (Å²) in [5.41, 5.74) is 0. The lowest BCUT2D eigenvalue weighted by molar-refractivity contribution is -0.143. The summed E-state index contributed by atoms with van der Waals surface area (Å²) in [6.07, 6.45) is 94.4. The number of aliphatic hydroxyl groups excluding tert-OH is 2. The molecule has 0 saturated heterocycles. The molecule has 0 heterocycles. The fraction of sp³-hybridized carbons (Fsp3) is 0.949. The third kappa shape index (κ3) is 71.6. The van der Waals surface area contributed by atoms with Crippen molar-refractivity contribution in [2.45, 2.75) is 469 Å². The van der Waals surface area contributed by atoms with Crippen LogP contribution in [0.3, 0.4) is 0 Å². The van der Waals surface area contributed by atoms with Gasteiger partial charge >= 0.3 is 5.97 Å². The van der Waals surface area contributed by atoms with E-state index in [2.05, 4.69) is 31.3 Å². The monoisotopic (exact) mass is 1200 g/mol. The Balaban J connectivity index is 3.34. The van der Waals surface area contributed by atoms with Crippen molar-refractivity contribution in [2.75, 3.05) is 13.2 Å². The highest BCUT2D eigenvalue weighted by atomic mass is 16.5. The van der Waals surface area contributed by atoms with Gasteiger partial charge in [-0.25, -0.2) is 0 Å². The average molecular weight is 1200 g/mol. The van der Waals surface area contributed by atoms with Crippen molar-refractivity contribution in [3.05, 3.63) is 12.2 Å². The van der Waals surface area contributed by atoms with Crippen LogP contribution < -0.4 is 5.32 Å². The average Bonchev–Trinajstić information content (AvgIpc) is 3.51. The van der Waals surface area contributed by atoms with Crippen LogP contribution in [-0.4, -0.2) is 47.4 Å². The summed E-state index contributed by atoms with van der Waals surface area (Å²) in [5, 5.41) is 23.5. The topological polar surface area (TPSA) is 95.9 Å². The zero-order valence-electron chi connectivity index (χ0n) is 58.1. The van der Waals surface area contributed by atoms with Crippen LogP contribution in [0.2, 0.25) is 0 Å². The summed E-state index contributed by atoms with van der Waals surface area (Å²) in [4.78, 5) is 24.7. The van der Waals surface area contributed by atoms with Gasteiger partial charge in [-0.3, -0.25) is 9.59 Å². The van der Waals surface area contributed by atoms with Crippen molar-refractivity contribution >= 4 is 11.9 Å². The Morgan fingerprint density at radius 3 is 0.835 bits per heavy atom. The summed E-state index contributed by atoms with van der Waals surface area (Å²) in [5.74, 6) is -0.00831. The molecule has 506 valence electrons. The number of nitrogens with one attached hydrogen (secondary N) is 1. The van der Waals surface area contributed by atoms with Gasteiger partial charge in [0, 0.05) is 12.8 Å². The minimum atomic E-state index is -0.664. The number of allylic oxidation sites excluding steroid dienone is 2. The van der Waals surface area contributed by atoms with E-state index in [0.717, 1.165) is 38.5 Å². The van der Waals surface area contributed by atoms with Crippen LogP contribution in [0.5, 0.6) is 0 Å². The quantitative estimate of drug-likeness (QED) is 0.0320. The van der Waals surface area contributed by atoms with Gasteiger partial charge in [-0.05, 0) is 51.4 Å². The van der Waals surface area contributed by atoms with Gasteiger partial charge in [0.25, 0.3) is 0 Å². The van der Waals surface area contributed by atoms with Crippen LogP contribution in [-0.2, 0) is 14.3 Å². The smallest absolute Gasteiger partial charge is 0.305 e. The highest BCUT2D eigenvalue weighted by Gasteiger charge is 2.20. The molecule has 2 atom stereocenters. The first-order valence-electron chi connectivity index (χ1n) is 39.4. The molecule has 3 N–H and O–H groups in total. The number of hydrogen-bond donors (Lipinski definition) is 3. The van der Waals surface area contributed by atoms with E-state index in [9.17, 15) is 19.8 Å². The number of carbonyl (C=O) groups excluding carboxylic acids is 2. The Morgan fingerprint density at radius 1 is 0.318 bits per heavy atom. The molecule has 0 aromatic heterocycles. The van der Waals surface area contributed by atoms with Crippen LogP contribution >= 0.6 is 0 Å². The second-order valence-corrected chi connectivity index (χ2v) is 27.4. The predicted octanol–water partition coefficient (Wildman–Crippen LogP) is 25.9. The molecule has 1 amide bonds. The lowest BCUT2D eigenvalue weighted by Gasteiger charge is -2.22. The fourth-order valence-electron chi connectivity index (χ4n) is 12.8. The molecule has 0 bridgehead atoms. The second-order valence-electron chi connectivity index (χ2n) is 27.4. The highest BCUT2D eigenvalue weighted by Crippen LogP contribution is 2.20. The van der Waals surface area contributed by atoms with Gasteiger partial charge in [-0.1, -0.05) is 405 Å². The number of amides is 1. The highest BCUT2D eigenvalue weighted by molar-refractivity contribution is 5.76. The van der Waals surface area contributed by atoms with Crippen LogP contribution in [0.15, 0.2) is 12.2 Å². The molecule has 0 saturated carbocycles. The van der Waals surface area contributed by atoms with Crippen LogP contribution in [0, 0.1) is 0 Å². The molecule has 0 rings (SSSR count). The standard InChI is InChI=1S/C79H155NO5/c1-3-5-7-9-11-13-15-17-19-21-23-24-29-32-36-39-43-47-51-55-59-63-67-71-77(82)76(75-81)80-78(83)72-68-64-60-56-52-48-44-40-37-33-30-27-25-26-28-31-34-38-42-46-50-54-58-62-66-70-74-85-79(84)73-69-65-61-57-53-49-45-41-35-22-20-18-16-14-12-10-8-6-4-2/h18,20,76-77,81-82H,3-17,19,21-75H2,1-2H3,(H,80,83)/b20-18-. The molecule has 0 fully saturated rings. The van der Waals surface area contributed by atoms with Crippen molar-refractivity contribution in [3.63, 3.8) is 0 Å². The van der Waals surface area contributed by atoms with Crippen molar-refractivity contribution in [1.29, 1.82) is 0 Å². The summed E-state index contributed by atoms with van der Waals surface area (Å²) in [6, 6.07) is -0.541. The Kier molecular flexibility index (Phi) is 73.8. The minimum Gasteiger partial charge on any atom is -0.466 e. The lowest BCUT2D eigenvalue weighted by Crippen LogP contribution is -2.45. The van der Waals surface area contributed by atoms with Crippen molar-refractivity contribution < 1.29 is 24.5 Å². The SMILES string of the molecule is CCCCCCCC/C=C\CCCCCCCCCCCC(=O)OCCCCCCCCCCCCCCCCCCCCCCCCCCCCC(=O)NC(CO)C(O)CCCCCCCCCCCCCCCCCCCCCCCCC. The fourth-order valence-corrected chi connectivity index (χ4v) is 12.8. The molecule has 0 aromatic carbocycles. The molecule has 0 radical (unpaired) electrons. The Morgan fingerprint density at radius 2 is 0.553 bits per heavy atom. The normalized spacial score (nSPS) is 12.5. The molecule has 6 nitrogen and oxygen atoms in total. The molecule has 85 heavy (non-hydrogen) atoms. The number of ether oxygens (including phenoxy) is 1. The Labute approximate surface area is 533 Å². The van der Waals surface area contributed by atoms with E-state index >= 15 is 0 Å². The summed E-state index contributed by atoms with van der Waals surface area (Å²) < 4.78 is 5.52. The number of esters is 1. The molecule has 0 aromatic rings. The maximum Gasteiger partial charge on any atom is 0.305 e. The lowest BCUT2D eigenvalue weighted by atomic mass is 10.0. The minimum absolute atomic E-state index is 0.0184. The third-order valence-electron chi connectivity index (χ3n) is 18.8. The zero-order valence-corrected chi connectivity index (χ0v) is 58.1. The predicted molar refractivity (Wildman–Crippen MR) is 375 cm³/mol. The number of hydrogen-bond acceptors (Lipinski definition) is 5. The first-order chi connectivity index (χ1) is 42.0. The maximum absolute atomic E-state index is 12.6. The van der Waals surface area contributed by atoms with Gasteiger partial charge in [0.05, 0.1) is 25.4 Å². The molecular formula is C79H155NO5. The van der Waals surface area contributed by atoms with Crippen molar-refractivity contribution in [1.82, 2.24) is 5.32 Å². The summed E-state index contributed by atoms with van der Waals surface area (Å²) >= 11 is 0. The van der Waals surface area contributed by atoms with Crippen LogP contribution in [0.1, 0.15) is 457 Å². The van der Waals surface area contributed by atoms with Gasteiger partial charge in [0.15, 0.2) is 0 Å². The van der Waals surface area contributed by atoms with E-state index in [0.29, 0.717) is 25.9 Å². The zero-order chi connectivity index (χ0) is 61.3. The largest absolute Gasteiger partial charge is 0.466 e. The molecular weight excluding hydrogens is 1040 g/mol. The molecule has 6 heteroatoms. The number of carbonyl (C=O) groups is 2. The van der Waals surface area contributed by atoms with Gasteiger partial charge in [-0.2, -0.15) is 0 Å². The molecule has 0 aliphatic rings. The van der Waals surface area contributed by atoms with E-state index in [4.69, 9.17) is 4.74 Å². The van der Waals surface area contributed by atoms with Crippen LogP contribution in [0.25, 0.3) is 0 Å². The van der Waals surface area contributed by atoms with Gasteiger partial charge in [-0.15, -0.1) is 0 Å². The van der Waals surface area contributed by atoms with Gasteiger partial charge in [0.2, 0.25) is 5.91 Å². The van der Waals surface area contributed by atoms with E-state index in [1.807, 2.05) is 0 Å². The van der Waals surface area contributed by atoms with Crippen molar-refractivity contribution in [3.8, 4) is 0 Å². The molecule has 2 unspecified atom stereocenters. The number of unbranched alkanes of at least 4 members (excludes halogenated alkanes) is 62. The first-order valence-corrected chi connectivity index (χ1v) is 39.4. The van der Waals surface area contributed by atoms with Crippen LogP contribution in [0.4, 0.5) is 0 Å². The Hall–Kier alpha value is -1.40. The van der Waals surface area contributed by atoms with E-state index in [1.165, 1.54) is 385 Å². The number of aliphatic hydroxyl groups is 2. The molecule has 0 aliphatic carbocycles. The maximum atomic E-state index is 12.6. The summed E-state index contributed by atoms with van der Waals surface area (Å²) in [7, 11) is 0. The van der Waals surface area contributed by atoms with Crippen molar-refractivity contribution in [2.24, 2.45) is 0 Å². The first kappa shape index (κ1) is 83.6. The summed E-state index contributed by atoms with van der Waals surface area (Å²) in [6.45, 7) is 5.01. The van der Waals surface area contributed by atoms with Gasteiger partial charge < -0.3 is 20.3 Å². The number of rotatable bonds is 75.